The highest BCUT2D eigenvalue weighted by molar-refractivity contribution is 9.10. The fraction of sp³-hybridized carbons (Fsp3) is 0.379. The van der Waals surface area contributed by atoms with Gasteiger partial charge in [-0.15, -0.1) is 0 Å². The number of hydrogen-bond donors (Lipinski definition) is 1. The first-order chi connectivity index (χ1) is 18.2. The number of nitro groups is 1. The summed E-state index contributed by atoms with van der Waals surface area (Å²) in [5.41, 5.74) is 4.25. The van der Waals surface area contributed by atoms with Gasteiger partial charge in [-0.05, 0) is 62.4 Å². The van der Waals surface area contributed by atoms with E-state index in [0.717, 1.165) is 45.3 Å². The van der Waals surface area contributed by atoms with Crippen LogP contribution in [0.1, 0.15) is 45.1 Å². The number of anilines is 1. The van der Waals surface area contributed by atoms with Crippen molar-refractivity contribution in [3.8, 4) is 5.75 Å². The van der Waals surface area contributed by atoms with Gasteiger partial charge in [-0.3, -0.25) is 19.7 Å². The van der Waals surface area contributed by atoms with E-state index in [1.165, 1.54) is 23.8 Å². The number of amides is 2. The summed E-state index contributed by atoms with van der Waals surface area (Å²) < 4.78 is 7.14. The van der Waals surface area contributed by atoms with Gasteiger partial charge in [0, 0.05) is 28.1 Å². The molecule has 0 bridgehead atoms. The van der Waals surface area contributed by atoms with Crippen LogP contribution in [-0.4, -0.2) is 34.6 Å². The van der Waals surface area contributed by atoms with E-state index < -0.39 is 16.8 Å². The number of nitrogens with zero attached hydrogens (tertiary/aromatic N) is 2. The lowest BCUT2D eigenvalue weighted by Gasteiger charge is -2.31. The molecule has 2 aromatic rings. The molecule has 2 fully saturated rings. The highest BCUT2D eigenvalue weighted by Crippen LogP contribution is 2.51. The molecule has 2 saturated heterocycles. The van der Waals surface area contributed by atoms with Crippen LogP contribution in [0.2, 0.25) is 0 Å². The molecule has 1 N–H and O–H groups in total. The van der Waals surface area contributed by atoms with Crippen LogP contribution in [0, 0.1) is 27.9 Å². The number of ether oxygens (including phenoxy) is 1. The third-order valence-corrected chi connectivity index (χ3v) is 8.42. The molecule has 2 aromatic carbocycles. The first kappa shape index (κ1) is 26.3. The van der Waals surface area contributed by atoms with Crippen molar-refractivity contribution in [2.45, 2.75) is 45.6 Å². The molecular formula is C29H29BrN2O6. The quantitative estimate of drug-likeness (QED) is 0.181. The molecule has 0 spiro atoms. The molecule has 0 unspecified atom stereocenters. The molecule has 9 heteroatoms. The number of carbonyl (C=O) groups is 2. The molecule has 1 aliphatic carbocycles. The van der Waals surface area contributed by atoms with E-state index in [9.17, 15) is 24.8 Å². The molecule has 2 aliphatic heterocycles. The average Bonchev–Trinajstić information content (AvgIpc) is 3.43. The summed E-state index contributed by atoms with van der Waals surface area (Å²) in [5.74, 6) is -1.55. The van der Waals surface area contributed by atoms with Crippen molar-refractivity contribution in [1.29, 1.82) is 0 Å². The van der Waals surface area contributed by atoms with Crippen molar-refractivity contribution in [1.82, 2.24) is 0 Å². The summed E-state index contributed by atoms with van der Waals surface area (Å²) in [6.45, 7) is 4.46. The second-order valence-electron chi connectivity index (χ2n) is 10.2. The molecule has 0 saturated carbocycles. The zero-order valence-electron chi connectivity index (χ0n) is 21.2. The smallest absolute Gasteiger partial charge is 0.271 e. The van der Waals surface area contributed by atoms with Gasteiger partial charge in [0.05, 0.1) is 35.2 Å². The lowest BCUT2D eigenvalue weighted by molar-refractivity contribution is -0.384. The topological polar surface area (TPSA) is 110 Å². The predicted molar refractivity (Wildman–Crippen MR) is 146 cm³/mol. The predicted octanol–water partition coefficient (Wildman–Crippen LogP) is 6.18. The maximum atomic E-state index is 13.6. The Morgan fingerprint density at radius 3 is 2.74 bits per heavy atom. The number of rotatable bonds is 7. The van der Waals surface area contributed by atoms with Crippen molar-refractivity contribution in [2.75, 3.05) is 11.5 Å². The number of imide groups is 1. The van der Waals surface area contributed by atoms with Gasteiger partial charge in [0.1, 0.15) is 5.75 Å². The molecule has 38 heavy (non-hydrogen) atoms. The van der Waals surface area contributed by atoms with Crippen molar-refractivity contribution < 1.29 is 24.4 Å². The summed E-state index contributed by atoms with van der Waals surface area (Å²) in [4.78, 5) is 39.0. The normalized spacial score (nSPS) is 25.1. The molecule has 198 valence electrons. The van der Waals surface area contributed by atoms with Gasteiger partial charge in [0.2, 0.25) is 11.8 Å². The van der Waals surface area contributed by atoms with Crippen LogP contribution in [0.15, 0.2) is 63.7 Å². The fourth-order valence-electron chi connectivity index (χ4n) is 6.15. The van der Waals surface area contributed by atoms with Gasteiger partial charge in [0.15, 0.2) is 0 Å². The van der Waals surface area contributed by atoms with Gasteiger partial charge in [0.25, 0.3) is 5.69 Å². The minimum absolute atomic E-state index is 0.134. The third-order valence-electron chi connectivity index (χ3n) is 7.93. The number of hydrogen-bond acceptors (Lipinski definition) is 6. The largest absolute Gasteiger partial charge is 0.507 e. The third kappa shape index (κ3) is 4.69. The summed E-state index contributed by atoms with van der Waals surface area (Å²) in [6, 6.07) is 11.0. The summed E-state index contributed by atoms with van der Waals surface area (Å²) in [6.07, 6.45) is 4.60. The second kappa shape index (κ2) is 10.5. The molecule has 8 nitrogen and oxygen atoms in total. The molecular weight excluding hydrogens is 552 g/mol. The number of non-ortho nitro benzene ring substituents is 1. The zero-order chi connectivity index (χ0) is 27.1. The van der Waals surface area contributed by atoms with E-state index in [0.29, 0.717) is 13.0 Å². The Hall–Kier alpha value is -3.30. The number of phenols is 1. The van der Waals surface area contributed by atoms with Gasteiger partial charge < -0.3 is 9.84 Å². The van der Waals surface area contributed by atoms with E-state index in [1.54, 1.807) is 18.2 Å². The Bertz CT molecular complexity index is 1380. The van der Waals surface area contributed by atoms with Gasteiger partial charge in [-0.1, -0.05) is 46.1 Å². The number of halogens is 1. The van der Waals surface area contributed by atoms with Crippen molar-refractivity contribution in [2.24, 2.45) is 17.8 Å². The first-order valence-corrected chi connectivity index (χ1v) is 13.6. The maximum Gasteiger partial charge on any atom is 0.271 e. The summed E-state index contributed by atoms with van der Waals surface area (Å²) >= 11 is 3.44. The first-order valence-electron chi connectivity index (χ1n) is 12.8. The Kier molecular flexibility index (Phi) is 7.24. The van der Waals surface area contributed by atoms with Crippen molar-refractivity contribution in [3.63, 3.8) is 0 Å². The van der Waals surface area contributed by atoms with Crippen LogP contribution in [0.25, 0.3) is 6.08 Å². The molecule has 4 atom stereocenters. The number of benzene rings is 2. The number of allylic oxidation sites excluding steroid dienone is 2. The Labute approximate surface area is 229 Å². The van der Waals surface area contributed by atoms with Crippen molar-refractivity contribution in [3.05, 3.63) is 79.3 Å². The number of carbonyl (C=O) groups excluding carboxylic acids is 2. The van der Waals surface area contributed by atoms with Crippen LogP contribution in [0.5, 0.6) is 5.75 Å². The van der Waals surface area contributed by atoms with Crippen LogP contribution in [-0.2, 0) is 14.3 Å². The van der Waals surface area contributed by atoms with E-state index in [1.807, 2.05) is 19.1 Å². The molecule has 2 heterocycles. The van der Waals surface area contributed by atoms with E-state index >= 15 is 0 Å². The minimum Gasteiger partial charge on any atom is -0.507 e. The lowest BCUT2D eigenvalue weighted by Crippen LogP contribution is -2.34. The number of phenolic OH excluding ortho intramolecular Hbond substituents is 1. The van der Waals surface area contributed by atoms with Crippen molar-refractivity contribution >= 4 is 45.2 Å². The van der Waals surface area contributed by atoms with E-state index in [4.69, 9.17) is 4.74 Å². The van der Waals surface area contributed by atoms with Gasteiger partial charge >= 0.3 is 0 Å². The molecule has 2 amide bonds. The second-order valence-corrected chi connectivity index (χ2v) is 11.1. The van der Waals surface area contributed by atoms with Gasteiger partial charge in [-0.2, -0.15) is 0 Å². The SMILES string of the molecule is CCC1=C2[C@@H](CC/C(C)=C/c3cc(Br)ccc3O)OC[C@@H]2[C@@H]2C(=O)N(c3cccc([N+](=O)[O-])c3)C(=O)[C@@H]2C1. The lowest BCUT2D eigenvalue weighted by atomic mass is 9.69. The monoisotopic (exact) mass is 580 g/mol. The van der Waals surface area contributed by atoms with Crippen LogP contribution in [0.3, 0.4) is 0 Å². The average molecular weight is 581 g/mol. The minimum atomic E-state index is -0.528. The number of fused-ring (bicyclic) bond motifs is 3. The zero-order valence-corrected chi connectivity index (χ0v) is 22.8. The van der Waals surface area contributed by atoms with Crippen LogP contribution in [0.4, 0.5) is 11.4 Å². The van der Waals surface area contributed by atoms with Gasteiger partial charge in [-0.25, -0.2) is 4.90 Å². The number of aromatic hydroxyl groups is 1. The number of nitro benzene ring substituents is 1. The molecule has 0 aromatic heterocycles. The highest BCUT2D eigenvalue weighted by Gasteiger charge is 2.57. The molecule has 3 aliphatic rings. The Morgan fingerprint density at radius 2 is 2.00 bits per heavy atom. The summed E-state index contributed by atoms with van der Waals surface area (Å²) in [5, 5.41) is 21.4. The Morgan fingerprint density at radius 1 is 1.21 bits per heavy atom. The van der Waals surface area contributed by atoms with Crippen LogP contribution >= 0.6 is 15.9 Å². The van der Waals surface area contributed by atoms with E-state index in [2.05, 4.69) is 22.9 Å². The van der Waals surface area contributed by atoms with Crippen LogP contribution < -0.4 is 4.90 Å². The fourth-order valence-corrected chi connectivity index (χ4v) is 6.53. The molecule has 5 rings (SSSR count). The maximum absolute atomic E-state index is 13.6. The standard InChI is InChI=1S/C29H29BrN2O6/c1-3-17-13-22-27(29(35)31(28(22)34)20-5-4-6-21(14-20)32(36)37)23-15-38-25(26(17)23)10-7-16(2)11-18-12-19(30)8-9-24(18)33/h4-6,8-9,11-12,14,22-23,25,27,33H,3,7,10,13,15H2,1-2H3/b16-11+/t22-,23+,25-,27-/m1/s1. The molecule has 0 radical (unpaired) electrons. The highest BCUT2D eigenvalue weighted by atomic mass is 79.9. The summed E-state index contributed by atoms with van der Waals surface area (Å²) in [7, 11) is 0. The van der Waals surface area contributed by atoms with E-state index in [-0.39, 0.29) is 41.0 Å². The Balaban J connectivity index is 1.37.